The smallest absolute Gasteiger partial charge is 0.254 e. The lowest BCUT2D eigenvalue weighted by atomic mass is 10.1. The van der Waals surface area contributed by atoms with Gasteiger partial charge in [0.05, 0.1) is 12.6 Å². The van der Waals surface area contributed by atoms with E-state index in [0.29, 0.717) is 18.7 Å². The van der Waals surface area contributed by atoms with Gasteiger partial charge in [-0.15, -0.1) is 0 Å². The van der Waals surface area contributed by atoms with Crippen molar-refractivity contribution in [1.29, 1.82) is 5.26 Å². The maximum absolute atomic E-state index is 11.8. The summed E-state index contributed by atoms with van der Waals surface area (Å²) in [5.74, 6) is -0.0120. The zero-order valence-corrected chi connectivity index (χ0v) is 9.08. The molecule has 1 rings (SSSR count). The van der Waals surface area contributed by atoms with E-state index in [2.05, 4.69) is 6.58 Å². The summed E-state index contributed by atoms with van der Waals surface area (Å²) in [5, 5.41) is 8.61. The lowest BCUT2D eigenvalue weighted by Gasteiger charge is -2.12. The van der Waals surface area contributed by atoms with Gasteiger partial charge < -0.3 is 4.90 Å². The van der Waals surface area contributed by atoms with E-state index in [-0.39, 0.29) is 5.91 Å². The molecule has 3 nitrogen and oxygen atoms in total. The van der Waals surface area contributed by atoms with Gasteiger partial charge in [-0.25, -0.2) is 0 Å². The van der Waals surface area contributed by atoms with E-state index in [1.54, 1.807) is 4.90 Å². The van der Waals surface area contributed by atoms with E-state index in [0.717, 1.165) is 11.1 Å². The first-order valence-electron chi connectivity index (χ1n) is 4.83. The number of rotatable bonds is 2. The molecule has 78 valence electrons. The summed E-state index contributed by atoms with van der Waals surface area (Å²) in [4.78, 5) is 13.5. The molecule has 1 amide bonds. The highest BCUT2D eigenvalue weighted by molar-refractivity contribution is 6.01. The summed E-state index contributed by atoms with van der Waals surface area (Å²) in [6.07, 6.45) is 3.75. The van der Waals surface area contributed by atoms with Gasteiger partial charge in [0, 0.05) is 17.7 Å². The molecule has 1 aliphatic rings. The van der Waals surface area contributed by atoms with Crippen molar-refractivity contribution < 1.29 is 4.79 Å². The molecule has 0 radical (unpaired) electrons. The molecular weight excluding hydrogens is 188 g/mol. The molecule has 1 fully saturated rings. The minimum Gasteiger partial charge on any atom is -0.329 e. The molecule has 0 N–H and O–H groups in total. The van der Waals surface area contributed by atoms with Crippen molar-refractivity contribution in [3.05, 3.63) is 35.5 Å². The number of hydrogen-bond acceptors (Lipinski definition) is 2. The Labute approximate surface area is 90.0 Å². The third-order valence-corrected chi connectivity index (χ3v) is 2.40. The first kappa shape index (κ1) is 11.3. The molecule has 15 heavy (non-hydrogen) atoms. The van der Waals surface area contributed by atoms with Crippen molar-refractivity contribution in [2.24, 2.45) is 0 Å². The van der Waals surface area contributed by atoms with Crippen molar-refractivity contribution in [1.82, 2.24) is 4.90 Å². The summed E-state index contributed by atoms with van der Waals surface area (Å²) in [7, 11) is 0. The van der Waals surface area contributed by atoms with Crippen LogP contribution in [0.2, 0.25) is 0 Å². The fourth-order valence-electron chi connectivity index (χ4n) is 1.62. The standard InChI is InChI=1S/C12H14N2O/c1-4-10-8-14(7-9(3)6-13)12(15)11(10)5-2/h4-5H,3,7-8H2,1-2H3/b10-4+,11-5-. The Balaban J connectivity index is 2.87. The Morgan fingerprint density at radius 1 is 1.60 bits per heavy atom. The van der Waals surface area contributed by atoms with Gasteiger partial charge in [0.2, 0.25) is 0 Å². The SMILES string of the molecule is C=C(C#N)CN1CC(=C\C)/C(=C/C)C1=O. The van der Waals surface area contributed by atoms with Gasteiger partial charge >= 0.3 is 0 Å². The average Bonchev–Trinajstić information content (AvgIpc) is 2.55. The second kappa shape index (κ2) is 4.61. The van der Waals surface area contributed by atoms with Crippen LogP contribution in [0.25, 0.3) is 0 Å². The minimum absolute atomic E-state index is 0.0120. The van der Waals surface area contributed by atoms with E-state index >= 15 is 0 Å². The zero-order chi connectivity index (χ0) is 11.4. The molecule has 3 heteroatoms. The van der Waals surface area contributed by atoms with Gasteiger partial charge in [0.25, 0.3) is 5.91 Å². The van der Waals surface area contributed by atoms with Gasteiger partial charge in [0.15, 0.2) is 0 Å². The normalized spacial score (nSPS) is 21.1. The van der Waals surface area contributed by atoms with Crippen LogP contribution < -0.4 is 0 Å². The molecule has 0 aromatic carbocycles. The first-order valence-corrected chi connectivity index (χ1v) is 4.83. The predicted octanol–water partition coefficient (Wildman–Crippen LogP) is 1.80. The number of amides is 1. The number of hydrogen-bond donors (Lipinski definition) is 0. The molecule has 0 saturated carbocycles. The van der Waals surface area contributed by atoms with E-state index in [9.17, 15) is 4.79 Å². The highest BCUT2D eigenvalue weighted by Gasteiger charge is 2.29. The fourth-order valence-corrected chi connectivity index (χ4v) is 1.62. The Hall–Kier alpha value is -1.82. The Bertz CT molecular complexity index is 396. The summed E-state index contributed by atoms with van der Waals surface area (Å²) in [6, 6.07) is 1.95. The van der Waals surface area contributed by atoms with Gasteiger partial charge in [-0.1, -0.05) is 18.7 Å². The maximum atomic E-state index is 11.8. The number of nitriles is 1. The van der Waals surface area contributed by atoms with Crippen LogP contribution >= 0.6 is 0 Å². The lowest BCUT2D eigenvalue weighted by Crippen LogP contribution is -2.26. The van der Waals surface area contributed by atoms with Crippen LogP contribution in [0.1, 0.15) is 13.8 Å². The van der Waals surface area contributed by atoms with E-state index in [1.807, 2.05) is 32.1 Å². The fraction of sp³-hybridized carbons (Fsp3) is 0.333. The number of likely N-dealkylation sites (tertiary alicyclic amines) is 1. The molecule has 0 unspecified atom stereocenters. The van der Waals surface area contributed by atoms with Crippen molar-refractivity contribution in [3.8, 4) is 6.07 Å². The molecule has 0 spiro atoms. The zero-order valence-electron chi connectivity index (χ0n) is 9.08. The summed E-state index contributed by atoms with van der Waals surface area (Å²) < 4.78 is 0. The first-order chi connectivity index (χ1) is 7.13. The van der Waals surface area contributed by atoms with Gasteiger partial charge in [-0.2, -0.15) is 5.26 Å². The van der Waals surface area contributed by atoms with Gasteiger partial charge in [0.1, 0.15) is 0 Å². The third kappa shape index (κ3) is 2.16. The molecule has 1 saturated heterocycles. The topological polar surface area (TPSA) is 44.1 Å². The van der Waals surface area contributed by atoms with E-state index < -0.39 is 0 Å². The molecule has 0 bridgehead atoms. The predicted molar refractivity (Wildman–Crippen MR) is 58.8 cm³/mol. The molecule has 1 heterocycles. The lowest BCUT2D eigenvalue weighted by molar-refractivity contribution is -0.124. The molecule has 0 aliphatic carbocycles. The highest BCUT2D eigenvalue weighted by atomic mass is 16.2. The molecule has 0 aromatic rings. The van der Waals surface area contributed by atoms with Crippen LogP contribution in [0.15, 0.2) is 35.5 Å². The number of allylic oxidation sites excluding steroid dienone is 2. The molecule has 0 aromatic heterocycles. The van der Waals surface area contributed by atoms with Crippen LogP contribution in [-0.2, 0) is 4.79 Å². The summed E-state index contributed by atoms with van der Waals surface area (Å²) >= 11 is 0. The van der Waals surface area contributed by atoms with Crippen LogP contribution in [0.5, 0.6) is 0 Å². The monoisotopic (exact) mass is 202 g/mol. The summed E-state index contributed by atoms with van der Waals surface area (Å²) in [5.41, 5.74) is 2.17. The van der Waals surface area contributed by atoms with Crippen molar-refractivity contribution >= 4 is 5.91 Å². The second-order valence-electron chi connectivity index (χ2n) is 3.39. The van der Waals surface area contributed by atoms with Crippen molar-refractivity contribution in [3.63, 3.8) is 0 Å². The van der Waals surface area contributed by atoms with Gasteiger partial charge in [-0.3, -0.25) is 4.79 Å². The Kier molecular flexibility index (Phi) is 3.46. The van der Waals surface area contributed by atoms with Crippen LogP contribution in [-0.4, -0.2) is 23.9 Å². The highest BCUT2D eigenvalue weighted by Crippen LogP contribution is 2.23. The number of carbonyl (C=O) groups excluding carboxylic acids is 1. The van der Waals surface area contributed by atoms with Crippen LogP contribution in [0, 0.1) is 11.3 Å². The Morgan fingerprint density at radius 2 is 2.27 bits per heavy atom. The van der Waals surface area contributed by atoms with Crippen LogP contribution in [0.3, 0.4) is 0 Å². The minimum atomic E-state index is -0.0120. The maximum Gasteiger partial charge on any atom is 0.254 e. The van der Waals surface area contributed by atoms with Crippen molar-refractivity contribution in [2.45, 2.75) is 13.8 Å². The van der Waals surface area contributed by atoms with Crippen molar-refractivity contribution in [2.75, 3.05) is 13.1 Å². The number of nitrogens with zero attached hydrogens (tertiary/aromatic N) is 2. The second-order valence-corrected chi connectivity index (χ2v) is 3.39. The van der Waals surface area contributed by atoms with Crippen LogP contribution in [0.4, 0.5) is 0 Å². The van der Waals surface area contributed by atoms with Gasteiger partial charge in [-0.05, 0) is 19.4 Å². The number of carbonyl (C=O) groups is 1. The largest absolute Gasteiger partial charge is 0.329 e. The molecular formula is C12H14N2O. The average molecular weight is 202 g/mol. The molecule has 1 aliphatic heterocycles. The van der Waals surface area contributed by atoms with E-state index in [1.165, 1.54) is 0 Å². The van der Waals surface area contributed by atoms with E-state index in [4.69, 9.17) is 5.26 Å². The molecule has 0 atom stereocenters. The Morgan fingerprint density at radius 3 is 2.67 bits per heavy atom. The quantitative estimate of drug-likeness (QED) is 0.506. The summed E-state index contributed by atoms with van der Waals surface area (Å²) in [6.45, 7) is 8.24. The third-order valence-electron chi connectivity index (χ3n) is 2.40.